The van der Waals surface area contributed by atoms with Gasteiger partial charge in [-0.1, -0.05) is 0 Å². The lowest BCUT2D eigenvalue weighted by molar-refractivity contribution is -0.144. The topological polar surface area (TPSA) is 87.7 Å². The monoisotopic (exact) mass is 284 g/mol. The molecular weight excluding hydrogens is 260 g/mol. The van der Waals surface area contributed by atoms with Gasteiger partial charge in [0.05, 0.1) is 5.60 Å². The SMILES string of the molecule is CC1(C)CC(NC(=O)NC(C)(C(=O)O)C2CC2)CCO1. The summed E-state index contributed by atoms with van der Waals surface area (Å²) < 4.78 is 5.60. The van der Waals surface area contributed by atoms with Crippen LogP contribution in [0.3, 0.4) is 0 Å². The van der Waals surface area contributed by atoms with E-state index in [1.54, 1.807) is 6.92 Å². The molecule has 1 aliphatic carbocycles. The molecule has 1 saturated carbocycles. The maximum absolute atomic E-state index is 12.0. The fourth-order valence-electron chi connectivity index (χ4n) is 2.80. The fourth-order valence-corrected chi connectivity index (χ4v) is 2.80. The van der Waals surface area contributed by atoms with Crippen LogP contribution in [0.4, 0.5) is 4.79 Å². The number of carbonyl (C=O) groups is 2. The van der Waals surface area contributed by atoms with E-state index >= 15 is 0 Å². The molecular formula is C14H24N2O4. The Labute approximate surface area is 119 Å². The number of carboxylic acid groups (broad SMARTS) is 1. The third-order valence-electron chi connectivity index (χ3n) is 4.24. The second-order valence-corrected chi connectivity index (χ2v) is 6.68. The van der Waals surface area contributed by atoms with Crippen molar-refractivity contribution in [2.45, 2.75) is 63.6 Å². The zero-order valence-corrected chi connectivity index (χ0v) is 12.4. The average Bonchev–Trinajstić information content (AvgIpc) is 3.10. The van der Waals surface area contributed by atoms with E-state index in [9.17, 15) is 14.7 Å². The van der Waals surface area contributed by atoms with Gasteiger partial charge in [-0.05, 0) is 52.4 Å². The van der Waals surface area contributed by atoms with Crippen LogP contribution in [-0.2, 0) is 9.53 Å². The highest BCUT2D eigenvalue weighted by atomic mass is 16.5. The number of urea groups is 1. The number of hydrogen-bond donors (Lipinski definition) is 3. The van der Waals surface area contributed by atoms with Gasteiger partial charge in [-0.15, -0.1) is 0 Å². The zero-order valence-electron chi connectivity index (χ0n) is 12.4. The highest BCUT2D eigenvalue weighted by Gasteiger charge is 2.48. The first-order chi connectivity index (χ1) is 9.23. The molecule has 6 nitrogen and oxygen atoms in total. The van der Waals surface area contributed by atoms with Crippen LogP contribution < -0.4 is 10.6 Å². The first kappa shape index (κ1) is 15.1. The minimum Gasteiger partial charge on any atom is -0.480 e. The van der Waals surface area contributed by atoms with Gasteiger partial charge in [0, 0.05) is 12.6 Å². The molecule has 2 fully saturated rings. The van der Waals surface area contributed by atoms with Crippen molar-refractivity contribution in [1.29, 1.82) is 0 Å². The van der Waals surface area contributed by atoms with Gasteiger partial charge in [-0.2, -0.15) is 0 Å². The van der Waals surface area contributed by atoms with E-state index in [1.165, 1.54) is 0 Å². The first-order valence-corrected chi connectivity index (χ1v) is 7.19. The molecule has 2 aliphatic rings. The van der Waals surface area contributed by atoms with Crippen LogP contribution >= 0.6 is 0 Å². The maximum Gasteiger partial charge on any atom is 0.329 e. The van der Waals surface area contributed by atoms with Crippen molar-refractivity contribution >= 4 is 12.0 Å². The number of carbonyl (C=O) groups excluding carboxylic acids is 1. The highest BCUT2D eigenvalue weighted by Crippen LogP contribution is 2.39. The second-order valence-electron chi connectivity index (χ2n) is 6.68. The molecule has 1 heterocycles. The predicted molar refractivity (Wildman–Crippen MR) is 73.5 cm³/mol. The lowest BCUT2D eigenvalue weighted by atomic mass is 9.94. The summed E-state index contributed by atoms with van der Waals surface area (Å²) >= 11 is 0. The molecule has 2 rings (SSSR count). The Morgan fingerprint density at radius 1 is 1.30 bits per heavy atom. The Kier molecular flexibility index (Phi) is 3.95. The number of amides is 2. The van der Waals surface area contributed by atoms with Crippen LogP contribution in [0.1, 0.15) is 46.5 Å². The number of rotatable bonds is 4. The normalized spacial score (nSPS) is 28.2. The highest BCUT2D eigenvalue weighted by molar-refractivity contribution is 5.86. The number of carboxylic acids is 1. The van der Waals surface area contributed by atoms with Gasteiger partial charge in [0.25, 0.3) is 0 Å². The lowest BCUT2D eigenvalue weighted by Gasteiger charge is -2.36. The van der Waals surface area contributed by atoms with Crippen molar-refractivity contribution in [3.63, 3.8) is 0 Å². The molecule has 0 radical (unpaired) electrons. The molecule has 3 N–H and O–H groups in total. The van der Waals surface area contributed by atoms with Gasteiger partial charge in [-0.3, -0.25) is 0 Å². The van der Waals surface area contributed by atoms with Crippen LogP contribution in [0.15, 0.2) is 0 Å². The van der Waals surface area contributed by atoms with E-state index in [4.69, 9.17) is 4.74 Å². The third kappa shape index (κ3) is 3.42. The minimum atomic E-state index is -1.16. The Bertz CT molecular complexity index is 406. The lowest BCUT2D eigenvalue weighted by Crippen LogP contribution is -2.59. The summed E-state index contributed by atoms with van der Waals surface area (Å²) in [5.74, 6) is -0.931. The van der Waals surface area contributed by atoms with Crippen LogP contribution in [0.25, 0.3) is 0 Å². The van der Waals surface area contributed by atoms with Crippen molar-refractivity contribution in [1.82, 2.24) is 10.6 Å². The number of ether oxygens (including phenoxy) is 1. The third-order valence-corrected chi connectivity index (χ3v) is 4.24. The van der Waals surface area contributed by atoms with Gasteiger partial charge < -0.3 is 20.5 Å². The van der Waals surface area contributed by atoms with Crippen molar-refractivity contribution in [3.05, 3.63) is 0 Å². The Morgan fingerprint density at radius 2 is 1.95 bits per heavy atom. The average molecular weight is 284 g/mol. The van der Waals surface area contributed by atoms with Crippen molar-refractivity contribution in [2.24, 2.45) is 5.92 Å². The molecule has 114 valence electrons. The number of nitrogens with one attached hydrogen (secondary N) is 2. The fraction of sp³-hybridized carbons (Fsp3) is 0.857. The summed E-state index contributed by atoms with van der Waals surface area (Å²) in [4.78, 5) is 23.4. The zero-order chi connectivity index (χ0) is 15.0. The first-order valence-electron chi connectivity index (χ1n) is 7.19. The van der Waals surface area contributed by atoms with E-state index in [0.29, 0.717) is 6.61 Å². The van der Waals surface area contributed by atoms with E-state index in [1.807, 2.05) is 13.8 Å². The van der Waals surface area contributed by atoms with E-state index in [0.717, 1.165) is 25.7 Å². The summed E-state index contributed by atoms with van der Waals surface area (Å²) in [7, 11) is 0. The Balaban J connectivity index is 1.90. The van der Waals surface area contributed by atoms with Gasteiger partial charge in [-0.25, -0.2) is 9.59 Å². The van der Waals surface area contributed by atoms with Crippen molar-refractivity contribution in [3.8, 4) is 0 Å². The second kappa shape index (κ2) is 5.24. The van der Waals surface area contributed by atoms with Gasteiger partial charge >= 0.3 is 12.0 Å². The predicted octanol–water partition coefficient (Wildman–Crippen LogP) is 1.50. The van der Waals surface area contributed by atoms with E-state index < -0.39 is 17.5 Å². The largest absolute Gasteiger partial charge is 0.480 e. The van der Waals surface area contributed by atoms with E-state index in [-0.39, 0.29) is 17.6 Å². The molecule has 1 saturated heterocycles. The maximum atomic E-state index is 12.0. The van der Waals surface area contributed by atoms with Crippen LogP contribution in [0, 0.1) is 5.92 Å². The van der Waals surface area contributed by atoms with Crippen LogP contribution in [-0.4, -0.2) is 40.9 Å². The molecule has 0 aromatic heterocycles. The van der Waals surface area contributed by atoms with Crippen LogP contribution in [0.2, 0.25) is 0 Å². The van der Waals surface area contributed by atoms with Crippen molar-refractivity contribution in [2.75, 3.05) is 6.61 Å². The Hall–Kier alpha value is -1.30. The summed E-state index contributed by atoms with van der Waals surface area (Å²) in [6.07, 6.45) is 3.19. The molecule has 2 amide bonds. The molecule has 1 aliphatic heterocycles. The summed E-state index contributed by atoms with van der Waals surface area (Å²) in [5.41, 5.74) is -1.41. The number of hydrogen-bond acceptors (Lipinski definition) is 3. The Morgan fingerprint density at radius 3 is 2.45 bits per heavy atom. The molecule has 0 aromatic rings. The number of aliphatic carboxylic acids is 1. The molecule has 20 heavy (non-hydrogen) atoms. The molecule has 0 bridgehead atoms. The molecule has 2 atom stereocenters. The van der Waals surface area contributed by atoms with Crippen molar-refractivity contribution < 1.29 is 19.4 Å². The summed E-state index contributed by atoms with van der Waals surface area (Å²) in [5, 5.41) is 14.8. The molecule has 0 aromatic carbocycles. The van der Waals surface area contributed by atoms with E-state index in [2.05, 4.69) is 10.6 Å². The van der Waals surface area contributed by atoms with Gasteiger partial charge in [0.15, 0.2) is 0 Å². The van der Waals surface area contributed by atoms with Gasteiger partial charge in [0.1, 0.15) is 5.54 Å². The standard InChI is InChI=1S/C14H24N2O4/c1-13(2)8-10(6-7-20-13)15-12(19)16-14(3,11(17)18)9-4-5-9/h9-10H,4-8H2,1-3H3,(H,17,18)(H2,15,16,19). The molecule has 6 heteroatoms. The quantitative estimate of drug-likeness (QED) is 0.730. The smallest absolute Gasteiger partial charge is 0.329 e. The van der Waals surface area contributed by atoms with Crippen LogP contribution in [0.5, 0.6) is 0 Å². The summed E-state index contributed by atoms with van der Waals surface area (Å²) in [6, 6.07) is -0.375. The molecule has 0 spiro atoms. The summed E-state index contributed by atoms with van der Waals surface area (Å²) in [6.45, 7) is 6.17. The minimum absolute atomic E-state index is 0.0241. The van der Waals surface area contributed by atoms with Gasteiger partial charge in [0.2, 0.25) is 0 Å². The molecule has 2 unspecified atom stereocenters.